The number of azide groups is 1. The van der Waals surface area contributed by atoms with Crippen molar-refractivity contribution in [2.24, 2.45) is 21.9 Å². The molecular weight excluding hydrogens is 758 g/mol. The van der Waals surface area contributed by atoms with Gasteiger partial charge in [0.15, 0.2) is 11.5 Å². The van der Waals surface area contributed by atoms with Crippen LogP contribution in [0.2, 0.25) is 0 Å². The van der Waals surface area contributed by atoms with Crippen LogP contribution in [0, 0.1) is 16.7 Å². The van der Waals surface area contributed by atoms with Crippen LogP contribution in [0.15, 0.2) is 58.5 Å². The highest BCUT2D eigenvalue weighted by Gasteiger charge is 2.36. The number of fused-ring (bicyclic) bond motifs is 1. The number of ether oxygens (including phenoxy) is 4. The number of nitrogens with one attached hydrogen (secondary N) is 1. The molecule has 2 aliphatic rings. The molecule has 2 aliphatic heterocycles. The number of unbranched alkanes of at least 4 members (excludes halogenated alkanes) is 2. The Morgan fingerprint density at radius 2 is 1.75 bits per heavy atom. The van der Waals surface area contributed by atoms with Gasteiger partial charge in [-0.15, -0.1) is 11.6 Å². The molecule has 0 saturated carbocycles. The van der Waals surface area contributed by atoms with Crippen molar-refractivity contribution in [3.63, 3.8) is 0 Å². The van der Waals surface area contributed by atoms with Crippen molar-refractivity contribution in [2.75, 3.05) is 45.5 Å². The van der Waals surface area contributed by atoms with E-state index in [1.54, 1.807) is 6.07 Å². The predicted molar refractivity (Wildman–Crippen MR) is 220 cm³/mol. The fourth-order valence-corrected chi connectivity index (χ4v) is 9.01. The van der Waals surface area contributed by atoms with E-state index < -0.39 is 33.7 Å². The topological polar surface area (TPSA) is 172 Å². The Labute approximate surface area is 339 Å². The number of hydrogen-bond donors (Lipinski definition) is 2. The van der Waals surface area contributed by atoms with E-state index in [9.17, 15) is 18.3 Å². The monoisotopic (exact) mass is 821 g/mol. The Morgan fingerprint density at radius 3 is 2.41 bits per heavy atom. The maximum absolute atomic E-state index is 14.1. The van der Waals surface area contributed by atoms with Crippen LogP contribution in [0.3, 0.4) is 0 Å². The van der Waals surface area contributed by atoms with Gasteiger partial charge in [0.2, 0.25) is 16.8 Å². The lowest BCUT2D eigenvalue weighted by atomic mass is 9.80. The van der Waals surface area contributed by atoms with E-state index in [-0.39, 0.29) is 37.3 Å². The lowest BCUT2D eigenvalue weighted by molar-refractivity contribution is 0.0623. The van der Waals surface area contributed by atoms with E-state index in [0.29, 0.717) is 49.0 Å². The van der Waals surface area contributed by atoms with Gasteiger partial charge in [-0.2, -0.15) is 4.31 Å². The third kappa shape index (κ3) is 16.7. The summed E-state index contributed by atoms with van der Waals surface area (Å²) in [7, 11) is -4.08. The number of nitrogens with zero attached hydrogens (tertiary/aromatic N) is 4. The molecule has 3 atom stereocenters. The highest BCUT2D eigenvalue weighted by atomic mass is 35.5. The third-order valence-electron chi connectivity index (χ3n) is 9.83. The Hall–Kier alpha value is -3.26. The Kier molecular flexibility index (Phi) is 19.5. The van der Waals surface area contributed by atoms with Gasteiger partial charge in [-0.05, 0) is 78.5 Å². The quantitative estimate of drug-likeness (QED) is 0.0390. The van der Waals surface area contributed by atoms with E-state index >= 15 is 0 Å². The summed E-state index contributed by atoms with van der Waals surface area (Å²) in [5, 5.41) is 17.9. The van der Waals surface area contributed by atoms with E-state index in [0.717, 1.165) is 37.2 Å². The number of alkyl carbamates (subject to hydrolysis) is 1. The van der Waals surface area contributed by atoms with Crippen LogP contribution in [0.25, 0.3) is 10.4 Å². The van der Waals surface area contributed by atoms with E-state index in [2.05, 4.69) is 43.0 Å². The van der Waals surface area contributed by atoms with Crippen molar-refractivity contribution < 1.29 is 37.3 Å². The van der Waals surface area contributed by atoms with Crippen LogP contribution < -0.4 is 14.8 Å². The van der Waals surface area contributed by atoms with Crippen LogP contribution in [0.4, 0.5) is 4.79 Å². The third-order valence-corrected chi connectivity index (χ3v) is 11.9. The molecule has 4 rings (SSSR count). The van der Waals surface area contributed by atoms with E-state index in [1.165, 1.54) is 35.7 Å². The molecular formula is C41H64ClN5O8S. The molecule has 1 saturated heterocycles. The number of halogens is 1. The molecule has 0 spiro atoms. The van der Waals surface area contributed by atoms with Gasteiger partial charge in [-0.3, -0.25) is 0 Å². The first kappa shape index (κ1) is 47.1. The molecule has 1 fully saturated rings. The van der Waals surface area contributed by atoms with E-state index in [1.807, 2.05) is 44.2 Å². The smallest absolute Gasteiger partial charge is 0.407 e. The molecule has 2 heterocycles. The second kappa shape index (κ2) is 23.2. The molecule has 15 heteroatoms. The average molecular weight is 823 g/mol. The van der Waals surface area contributed by atoms with Gasteiger partial charge >= 0.3 is 6.09 Å². The molecule has 0 aliphatic carbocycles. The molecule has 56 heavy (non-hydrogen) atoms. The number of aliphatic hydroxyl groups is 1. The van der Waals surface area contributed by atoms with Crippen molar-refractivity contribution in [3.8, 4) is 11.5 Å². The van der Waals surface area contributed by atoms with Gasteiger partial charge < -0.3 is 29.4 Å². The van der Waals surface area contributed by atoms with Crippen molar-refractivity contribution >= 4 is 27.7 Å². The highest BCUT2D eigenvalue weighted by Crippen LogP contribution is 2.36. The first-order valence-electron chi connectivity index (χ1n) is 19.8. The number of benzene rings is 2. The summed E-state index contributed by atoms with van der Waals surface area (Å²) in [5.41, 5.74) is 8.99. The van der Waals surface area contributed by atoms with E-state index in [4.69, 9.17) is 36.1 Å². The zero-order valence-corrected chi connectivity index (χ0v) is 35.7. The minimum Gasteiger partial charge on any atom is -0.454 e. The lowest BCUT2D eigenvalue weighted by Crippen LogP contribution is -2.52. The normalized spacial score (nSPS) is 16.5. The summed E-state index contributed by atoms with van der Waals surface area (Å²) in [6.45, 7) is 14.6. The number of aliphatic hydroxyl groups excluding tert-OH is 1. The predicted octanol–water partition coefficient (Wildman–Crippen LogP) is 8.87. The number of rotatable bonds is 22. The van der Waals surface area contributed by atoms with Crippen LogP contribution in [0.5, 0.6) is 11.5 Å². The molecule has 2 aromatic carbocycles. The molecule has 0 unspecified atom stereocenters. The summed E-state index contributed by atoms with van der Waals surface area (Å²) in [5.74, 6) is 2.12. The van der Waals surface area contributed by atoms with Gasteiger partial charge in [0.1, 0.15) is 6.10 Å². The number of alkyl halides is 1. The van der Waals surface area contributed by atoms with Crippen molar-refractivity contribution in [3.05, 3.63) is 64.5 Å². The molecule has 0 radical (unpaired) electrons. The molecule has 2 aromatic rings. The number of hydrogen-bond acceptors (Lipinski definition) is 9. The van der Waals surface area contributed by atoms with Crippen molar-refractivity contribution in [1.29, 1.82) is 0 Å². The number of sulfonamides is 1. The zero-order chi connectivity index (χ0) is 41.2. The standard InChI is InChI=1S/C30H41ClN2O8S.C11H23N3/c1-30(2,13-6-7-14-31)20-33(42(36,37)24-10-11-27-28(17-24)40-21-39-27)18-26(34)25(16-22-8-4-3-5-9-22)32-29(35)41-23-12-15-38-19-23;1-10(2)9-11(3,4)7-5-6-8-13-14-12/h3-5,8-11,17,23,25-26,34H,6-7,12-16,18-21H2,1-2H3,(H,32,35);10H,5-9H2,1-4H3/t23-,25-,26+;/m0./s1. The largest absolute Gasteiger partial charge is 0.454 e. The Balaban J connectivity index is 0.000000511. The Morgan fingerprint density at radius 1 is 1.05 bits per heavy atom. The fraction of sp³-hybridized carbons (Fsp3) is 0.683. The summed E-state index contributed by atoms with van der Waals surface area (Å²) < 4.78 is 51.0. The molecule has 13 nitrogen and oxygen atoms in total. The van der Waals surface area contributed by atoms with Crippen molar-refractivity contribution in [1.82, 2.24) is 9.62 Å². The molecule has 0 bridgehead atoms. The second-order valence-corrected chi connectivity index (χ2v) is 19.0. The number of carbonyl (C=O) groups excluding carboxylic acids is 1. The molecule has 2 N–H and O–H groups in total. The zero-order valence-electron chi connectivity index (χ0n) is 34.1. The lowest BCUT2D eigenvalue weighted by Gasteiger charge is -2.35. The second-order valence-electron chi connectivity index (χ2n) is 16.7. The van der Waals surface area contributed by atoms with Crippen LogP contribution in [-0.2, 0) is 25.9 Å². The Bertz CT molecular complexity index is 1630. The summed E-state index contributed by atoms with van der Waals surface area (Å²) >= 11 is 5.89. The first-order chi connectivity index (χ1) is 26.5. The SMILES string of the molecule is CC(C)(CCCCCl)CN(C[C@@H](O)[C@H](Cc1ccccc1)NC(=O)O[C@H]1CCOC1)S(=O)(=O)c1ccc2c(c1)OCO2.CC(C)CC(C)(C)CCCCN=[N+]=[N-]. The van der Waals surface area contributed by atoms with Gasteiger partial charge in [0, 0.05) is 42.9 Å². The van der Waals surface area contributed by atoms with Gasteiger partial charge in [0.25, 0.3) is 0 Å². The number of carbonyl (C=O) groups is 1. The molecule has 314 valence electrons. The highest BCUT2D eigenvalue weighted by molar-refractivity contribution is 7.89. The van der Waals surface area contributed by atoms with Gasteiger partial charge in [-0.1, -0.05) is 89.8 Å². The maximum atomic E-state index is 14.1. The maximum Gasteiger partial charge on any atom is 0.407 e. The minimum atomic E-state index is -4.08. The van der Waals surface area contributed by atoms with Gasteiger partial charge in [-0.25, -0.2) is 13.2 Å². The van der Waals surface area contributed by atoms with Crippen LogP contribution in [-0.4, -0.2) is 87.7 Å². The molecule has 0 aromatic heterocycles. The van der Waals surface area contributed by atoms with Gasteiger partial charge in [0.05, 0.1) is 30.3 Å². The molecule has 1 amide bonds. The summed E-state index contributed by atoms with van der Waals surface area (Å²) in [4.78, 5) is 15.6. The minimum absolute atomic E-state index is 0.0186. The summed E-state index contributed by atoms with van der Waals surface area (Å²) in [6, 6.07) is 13.1. The van der Waals surface area contributed by atoms with Crippen LogP contribution >= 0.6 is 11.6 Å². The average Bonchev–Trinajstić information content (AvgIpc) is 3.83. The van der Waals surface area contributed by atoms with Crippen molar-refractivity contribution in [2.45, 2.75) is 122 Å². The van der Waals surface area contributed by atoms with Crippen LogP contribution in [0.1, 0.15) is 98.5 Å². The summed E-state index contributed by atoms with van der Waals surface area (Å²) in [6.07, 6.45) is 5.66. The first-order valence-corrected chi connectivity index (χ1v) is 21.8. The number of amides is 1. The fourth-order valence-electron chi connectivity index (χ4n) is 7.16.